The maximum absolute atomic E-state index is 12.8. The minimum atomic E-state index is -3.67. The summed E-state index contributed by atoms with van der Waals surface area (Å²) >= 11 is 0. The fraction of sp³-hybridized carbons (Fsp3) is 0.455. The second kappa shape index (κ2) is 10.4. The van der Waals surface area contributed by atoms with Crippen LogP contribution in [-0.2, 0) is 22.9 Å². The number of benzene rings is 2. The Bertz CT molecular complexity index is 904. The van der Waals surface area contributed by atoms with E-state index in [1.165, 1.54) is 23.3 Å². The lowest BCUT2D eigenvalue weighted by Gasteiger charge is -2.26. The second-order valence-electron chi connectivity index (χ2n) is 7.61. The first-order valence-electron chi connectivity index (χ1n) is 9.97. The summed E-state index contributed by atoms with van der Waals surface area (Å²) in [6.07, 6.45) is 4.12. The highest BCUT2D eigenvalue weighted by molar-refractivity contribution is 7.92. The van der Waals surface area contributed by atoms with Gasteiger partial charge in [0.2, 0.25) is 0 Å². The number of rotatable bonds is 8. The number of halogens is 2. The molecule has 2 atom stereocenters. The molecule has 1 aliphatic carbocycles. The monoisotopic (exact) mass is 440 g/mol. The molecule has 0 aliphatic heterocycles. The van der Waals surface area contributed by atoms with E-state index in [1.807, 2.05) is 18.2 Å². The van der Waals surface area contributed by atoms with E-state index < -0.39 is 16.7 Å². The zero-order valence-corrected chi connectivity index (χ0v) is 18.6. The second-order valence-corrected chi connectivity index (χ2v) is 9.29. The summed E-state index contributed by atoms with van der Waals surface area (Å²) in [5.74, 6) is -0.235. The maximum Gasteiger partial charge on any atom is 0.261 e. The maximum atomic E-state index is 12.8. The van der Waals surface area contributed by atoms with Crippen molar-refractivity contribution in [3.8, 4) is 0 Å². The van der Waals surface area contributed by atoms with Crippen LogP contribution in [0, 0.1) is 0 Å². The van der Waals surface area contributed by atoms with Gasteiger partial charge in [0.25, 0.3) is 10.0 Å². The van der Waals surface area contributed by atoms with Crippen LogP contribution in [0.2, 0.25) is 0 Å². The zero-order valence-electron chi connectivity index (χ0n) is 16.9. The van der Waals surface area contributed by atoms with Gasteiger partial charge in [-0.1, -0.05) is 32.0 Å². The Morgan fingerprint density at radius 3 is 2.52 bits per heavy atom. The average molecular weight is 441 g/mol. The fourth-order valence-electron chi connectivity index (χ4n) is 3.62. The summed E-state index contributed by atoms with van der Waals surface area (Å²) in [6.45, 7) is 4.50. The number of anilines is 1. The number of nitrogens with one attached hydrogen (secondary N) is 2. The van der Waals surface area contributed by atoms with Crippen molar-refractivity contribution in [1.82, 2.24) is 5.32 Å². The number of alkyl halides is 1. The quantitative estimate of drug-likeness (QED) is 0.617. The Labute approximate surface area is 179 Å². The van der Waals surface area contributed by atoms with Crippen LogP contribution in [0.25, 0.3) is 0 Å². The van der Waals surface area contributed by atoms with Crippen LogP contribution in [0.15, 0.2) is 47.4 Å². The molecule has 0 radical (unpaired) electrons. The van der Waals surface area contributed by atoms with Gasteiger partial charge in [0.05, 0.1) is 11.6 Å². The van der Waals surface area contributed by atoms with Gasteiger partial charge in [0.15, 0.2) is 0 Å². The number of hydrogen-bond donors (Lipinski definition) is 2. The first-order valence-corrected chi connectivity index (χ1v) is 11.4. The Kier molecular flexibility index (Phi) is 8.49. The Balaban J connectivity index is 0.00000300. The largest absolute Gasteiger partial charge is 0.314 e. The van der Waals surface area contributed by atoms with Gasteiger partial charge in [0, 0.05) is 17.6 Å². The molecule has 29 heavy (non-hydrogen) atoms. The van der Waals surface area contributed by atoms with Crippen molar-refractivity contribution in [2.45, 2.75) is 56.4 Å². The van der Waals surface area contributed by atoms with Crippen molar-refractivity contribution in [3.63, 3.8) is 0 Å². The molecule has 0 spiro atoms. The molecule has 0 aromatic heterocycles. The van der Waals surface area contributed by atoms with Crippen LogP contribution >= 0.6 is 12.4 Å². The lowest BCUT2D eigenvalue weighted by atomic mass is 9.88. The summed E-state index contributed by atoms with van der Waals surface area (Å²) in [7, 11) is -3.67. The van der Waals surface area contributed by atoms with E-state index in [4.69, 9.17) is 0 Å². The van der Waals surface area contributed by atoms with Crippen molar-refractivity contribution in [3.05, 3.63) is 59.2 Å². The van der Waals surface area contributed by atoms with Gasteiger partial charge < -0.3 is 5.32 Å². The summed E-state index contributed by atoms with van der Waals surface area (Å²) < 4.78 is 40.8. The van der Waals surface area contributed by atoms with Crippen LogP contribution in [-0.4, -0.2) is 27.7 Å². The van der Waals surface area contributed by atoms with Gasteiger partial charge in [-0.3, -0.25) is 9.11 Å². The van der Waals surface area contributed by atoms with E-state index in [2.05, 4.69) is 17.0 Å². The van der Waals surface area contributed by atoms with Crippen LogP contribution < -0.4 is 10.0 Å². The average Bonchev–Trinajstić information content (AvgIpc) is 2.71. The van der Waals surface area contributed by atoms with Gasteiger partial charge >= 0.3 is 0 Å². The summed E-state index contributed by atoms with van der Waals surface area (Å²) in [5.41, 5.74) is 3.87. The van der Waals surface area contributed by atoms with Gasteiger partial charge in [-0.05, 0) is 73.2 Å². The molecule has 0 amide bonds. The number of sulfonamides is 1. The van der Waals surface area contributed by atoms with E-state index in [0.717, 1.165) is 37.8 Å². The van der Waals surface area contributed by atoms with Crippen molar-refractivity contribution < 1.29 is 12.8 Å². The molecule has 7 heteroatoms. The molecule has 2 aromatic rings. The Hall–Kier alpha value is -1.63. The molecule has 2 aromatic carbocycles. The molecule has 0 heterocycles. The highest BCUT2D eigenvalue weighted by Crippen LogP contribution is 2.26. The van der Waals surface area contributed by atoms with Crippen LogP contribution in [0.5, 0.6) is 0 Å². The van der Waals surface area contributed by atoms with Crippen molar-refractivity contribution in [1.29, 1.82) is 0 Å². The van der Waals surface area contributed by atoms with E-state index in [1.54, 1.807) is 19.1 Å². The first kappa shape index (κ1) is 23.6. The topological polar surface area (TPSA) is 58.2 Å². The Morgan fingerprint density at radius 2 is 1.86 bits per heavy atom. The van der Waals surface area contributed by atoms with Crippen LogP contribution in [0.3, 0.4) is 0 Å². The summed E-state index contributed by atoms with van der Waals surface area (Å²) in [5, 5.41) is 3.57. The highest BCUT2D eigenvalue weighted by atomic mass is 35.5. The third kappa shape index (κ3) is 5.93. The van der Waals surface area contributed by atoms with Crippen molar-refractivity contribution in [2.75, 3.05) is 17.9 Å². The third-order valence-electron chi connectivity index (χ3n) is 5.36. The first-order chi connectivity index (χ1) is 13.4. The van der Waals surface area contributed by atoms with Crippen molar-refractivity contribution in [2.24, 2.45) is 0 Å². The molecular weight excluding hydrogens is 411 g/mol. The van der Waals surface area contributed by atoms with Crippen LogP contribution in [0.1, 0.15) is 49.3 Å². The summed E-state index contributed by atoms with van der Waals surface area (Å²) in [6, 6.07) is 12.7. The van der Waals surface area contributed by atoms with Gasteiger partial charge in [-0.25, -0.2) is 8.42 Å². The molecule has 0 fully saturated rings. The molecule has 2 N–H and O–H groups in total. The summed E-state index contributed by atoms with van der Waals surface area (Å²) in [4.78, 5) is 0.184. The lowest BCUT2D eigenvalue weighted by molar-refractivity contribution is 0.447. The predicted octanol–water partition coefficient (Wildman–Crippen LogP) is 4.84. The number of fused-ring (bicyclic) bond motifs is 1. The van der Waals surface area contributed by atoms with Crippen molar-refractivity contribution >= 4 is 28.1 Å². The number of aryl methyl sites for hydroxylation is 1. The molecule has 0 bridgehead atoms. The van der Waals surface area contributed by atoms with Gasteiger partial charge in [-0.2, -0.15) is 0 Å². The standard InChI is InChI=1S/C22H29FN2O2S.ClH/c1-3-12-24-20-8-4-19-14-21(9-5-18(19)13-20)25-28(26,27)22-10-6-17(7-11-22)16(2)15-23;/h5-7,9-11,14,16,20,24-25H,3-4,8,12-13,15H2,1-2H3;1H/t16-,20-;/m1./s1. The van der Waals surface area contributed by atoms with E-state index in [0.29, 0.717) is 11.7 Å². The van der Waals surface area contributed by atoms with E-state index in [9.17, 15) is 12.8 Å². The molecule has 0 saturated heterocycles. The molecule has 160 valence electrons. The molecular formula is C22H30ClFN2O2S. The minimum Gasteiger partial charge on any atom is -0.314 e. The van der Waals surface area contributed by atoms with Crippen LogP contribution in [0.4, 0.5) is 10.1 Å². The SMILES string of the molecule is CCCN[C@@H]1CCc2cc(NS(=O)(=O)c3ccc([C@H](C)CF)cc3)ccc2C1.Cl. The third-order valence-corrected chi connectivity index (χ3v) is 6.76. The lowest BCUT2D eigenvalue weighted by Crippen LogP contribution is -2.35. The number of hydrogen-bond acceptors (Lipinski definition) is 3. The highest BCUT2D eigenvalue weighted by Gasteiger charge is 2.20. The Morgan fingerprint density at radius 1 is 1.14 bits per heavy atom. The zero-order chi connectivity index (χ0) is 20.1. The molecule has 4 nitrogen and oxygen atoms in total. The molecule has 0 saturated carbocycles. The molecule has 3 rings (SSSR count). The molecule has 0 unspecified atom stereocenters. The van der Waals surface area contributed by atoms with E-state index >= 15 is 0 Å². The van der Waals surface area contributed by atoms with Gasteiger partial charge in [-0.15, -0.1) is 12.4 Å². The normalized spacial score (nSPS) is 17.1. The van der Waals surface area contributed by atoms with Gasteiger partial charge in [0.1, 0.15) is 0 Å². The smallest absolute Gasteiger partial charge is 0.261 e. The minimum absolute atomic E-state index is 0. The molecule has 1 aliphatic rings. The van der Waals surface area contributed by atoms with E-state index in [-0.39, 0.29) is 23.2 Å². The predicted molar refractivity (Wildman–Crippen MR) is 119 cm³/mol. The fourth-order valence-corrected chi connectivity index (χ4v) is 4.67.